The van der Waals surface area contributed by atoms with Crippen LogP contribution in [-0.2, 0) is 6.54 Å². The van der Waals surface area contributed by atoms with Crippen LogP contribution in [0.4, 0.5) is 4.39 Å². The Hall–Kier alpha value is -2.41. The van der Waals surface area contributed by atoms with E-state index >= 15 is 0 Å². The van der Waals surface area contributed by atoms with Gasteiger partial charge in [-0.2, -0.15) is 5.10 Å². The molecular formula is C18H22FN3O3. The fourth-order valence-electron chi connectivity index (χ4n) is 2.89. The van der Waals surface area contributed by atoms with Crippen LogP contribution in [0.2, 0.25) is 0 Å². The number of hydrogen-bond donors (Lipinski definition) is 1. The molecule has 1 aliphatic rings. The second-order valence-electron chi connectivity index (χ2n) is 6.51. The molecule has 0 saturated carbocycles. The minimum Gasteiger partial charge on any atom is -0.485 e. The average molecular weight is 347 g/mol. The number of rotatable bonds is 4. The van der Waals surface area contributed by atoms with Crippen LogP contribution < -0.4 is 4.74 Å². The minimum atomic E-state index is -1.10. The molecule has 1 N–H and O–H groups in total. The van der Waals surface area contributed by atoms with Crippen LogP contribution in [0.5, 0.6) is 5.75 Å². The molecule has 0 aliphatic carbocycles. The molecule has 1 amide bonds. The highest BCUT2D eigenvalue weighted by Gasteiger charge is 2.41. The maximum absolute atomic E-state index is 13.4. The molecular weight excluding hydrogens is 325 g/mol. The van der Waals surface area contributed by atoms with Crippen molar-refractivity contribution in [3.63, 3.8) is 0 Å². The van der Waals surface area contributed by atoms with Crippen LogP contribution in [0.3, 0.4) is 0 Å². The molecule has 7 heteroatoms. The summed E-state index contributed by atoms with van der Waals surface area (Å²) in [4.78, 5) is 14.3. The van der Waals surface area contributed by atoms with Gasteiger partial charge in [0.1, 0.15) is 23.3 Å². The molecule has 2 atom stereocenters. The Morgan fingerprint density at radius 1 is 1.52 bits per heavy atom. The number of benzene rings is 1. The molecule has 134 valence electrons. The van der Waals surface area contributed by atoms with Crippen molar-refractivity contribution in [1.29, 1.82) is 0 Å². The summed E-state index contributed by atoms with van der Waals surface area (Å²) in [6.07, 6.45) is 2.98. The smallest absolute Gasteiger partial charge is 0.257 e. The molecule has 1 aromatic heterocycles. The van der Waals surface area contributed by atoms with E-state index < -0.39 is 17.5 Å². The topological polar surface area (TPSA) is 67.6 Å². The van der Waals surface area contributed by atoms with E-state index in [1.165, 1.54) is 12.1 Å². The van der Waals surface area contributed by atoms with Gasteiger partial charge in [0.05, 0.1) is 18.3 Å². The maximum Gasteiger partial charge on any atom is 0.257 e. The van der Waals surface area contributed by atoms with Crippen LogP contribution in [-0.4, -0.2) is 50.5 Å². The van der Waals surface area contributed by atoms with Crippen molar-refractivity contribution in [2.45, 2.75) is 38.5 Å². The zero-order valence-corrected chi connectivity index (χ0v) is 14.4. The van der Waals surface area contributed by atoms with E-state index in [9.17, 15) is 14.3 Å². The number of aliphatic hydroxyl groups is 1. The van der Waals surface area contributed by atoms with Crippen molar-refractivity contribution < 1.29 is 19.0 Å². The number of aryl methyl sites for hydroxylation is 1. The molecule has 3 rings (SSSR count). The lowest BCUT2D eigenvalue weighted by molar-refractivity contribution is -0.0882. The zero-order chi connectivity index (χ0) is 18.0. The molecule has 1 fully saturated rings. The van der Waals surface area contributed by atoms with Gasteiger partial charge >= 0.3 is 0 Å². The van der Waals surface area contributed by atoms with Crippen molar-refractivity contribution >= 4 is 5.91 Å². The Balaban J connectivity index is 1.74. The lowest BCUT2D eigenvalue weighted by Crippen LogP contribution is -2.57. The largest absolute Gasteiger partial charge is 0.485 e. The number of likely N-dealkylation sites (tertiary alicyclic amines) is 1. The van der Waals surface area contributed by atoms with Crippen molar-refractivity contribution in [2.24, 2.45) is 0 Å². The molecule has 2 aromatic rings. The summed E-state index contributed by atoms with van der Waals surface area (Å²) in [5.41, 5.74) is -0.593. The van der Waals surface area contributed by atoms with Gasteiger partial charge in [0.15, 0.2) is 0 Å². The zero-order valence-electron chi connectivity index (χ0n) is 14.4. The van der Waals surface area contributed by atoms with Gasteiger partial charge in [-0.05, 0) is 32.4 Å². The quantitative estimate of drug-likeness (QED) is 0.920. The van der Waals surface area contributed by atoms with Gasteiger partial charge in [0, 0.05) is 25.4 Å². The van der Waals surface area contributed by atoms with E-state index in [1.807, 2.05) is 6.92 Å². The van der Waals surface area contributed by atoms with E-state index in [-0.39, 0.29) is 12.5 Å². The Labute approximate surface area is 145 Å². The Morgan fingerprint density at radius 2 is 2.32 bits per heavy atom. The number of carbonyl (C=O) groups is 1. The number of ether oxygens (including phenoxy) is 1. The molecule has 6 nitrogen and oxygen atoms in total. The third-order valence-electron chi connectivity index (χ3n) is 4.53. The first kappa shape index (κ1) is 17.4. The molecule has 0 bridgehead atoms. The molecule has 2 heterocycles. The van der Waals surface area contributed by atoms with E-state index in [4.69, 9.17) is 4.74 Å². The van der Waals surface area contributed by atoms with Gasteiger partial charge < -0.3 is 14.7 Å². The predicted molar refractivity (Wildman–Crippen MR) is 89.9 cm³/mol. The second-order valence-corrected chi connectivity index (χ2v) is 6.51. The van der Waals surface area contributed by atoms with E-state index in [1.54, 1.807) is 41.0 Å². The van der Waals surface area contributed by atoms with Gasteiger partial charge in [-0.15, -0.1) is 0 Å². The van der Waals surface area contributed by atoms with Gasteiger partial charge in [-0.1, -0.05) is 6.07 Å². The van der Waals surface area contributed by atoms with E-state index in [2.05, 4.69) is 5.10 Å². The fourth-order valence-corrected chi connectivity index (χ4v) is 2.89. The first-order valence-corrected chi connectivity index (χ1v) is 8.35. The third kappa shape index (κ3) is 3.82. The first-order chi connectivity index (χ1) is 11.9. The number of amides is 1. The molecule has 0 spiro atoms. The number of nitrogens with zero attached hydrogens (tertiary/aromatic N) is 3. The normalized spacial score (nSPS) is 23.5. The standard InChI is InChI=1S/C18H22FN3O3/c1-3-22-11-13(10-20-22)17(23)21-8-7-18(2,24)16(12-21)25-15-6-4-5-14(19)9-15/h4-6,9-11,16,24H,3,7-8,12H2,1-2H3/t16-,18-/m1/s1. The minimum absolute atomic E-state index is 0.150. The summed E-state index contributed by atoms with van der Waals surface area (Å²) in [5.74, 6) is -0.228. The third-order valence-corrected chi connectivity index (χ3v) is 4.53. The maximum atomic E-state index is 13.4. The Kier molecular flexibility index (Phi) is 4.76. The highest BCUT2D eigenvalue weighted by molar-refractivity contribution is 5.93. The molecule has 0 unspecified atom stereocenters. The van der Waals surface area contributed by atoms with Crippen LogP contribution in [0.1, 0.15) is 30.6 Å². The number of aromatic nitrogens is 2. The monoisotopic (exact) mass is 347 g/mol. The van der Waals surface area contributed by atoms with Crippen molar-refractivity contribution in [3.05, 3.63) is 48.0 Å². The van der Waals surface area contributed by atoms with Crippen LogP contribution in [0.15, 0.2) is 36.7 Å². The Bertz CT molecular complexity index is 760. The van der Waals surface area contributed by atoms with Gasteiger partial charge in [0.25, 0.3) is 5.91 Å². The van der Waals surface area contributed by atoms with Gasteiger partial charge in [0.2, 0.25) is 0 Å². The highest BCUT2D eigenvalue weighted by atomic mass is 19.1. The highest BCUT2D eigenvalue weighted by Crippen LogP contribution is 2.27. The van der Waals surface area contributed by atoms with Crippen molar-refractivity contribution in [1.82, 2.24) is 14.7 Å². The lowest BCUT2D eigenvalue weighted by Gasteiger charge is -2.42. The fraction of sp³-hybridized carbons (Fsp3) is 0.444. The van der Waals surface area contributed by atoms with Crippen LogP contribution >= 0.6 is 0 Å². The average Bonchev–Trinajstić information content (AvgIpc) is 3.05. The van der Waals surface area contributed by atoms with Crippen molar-refractivity contribution in [3.8, 4) is 5.75 Å². The number of piperidine rings is 1. The van der Waals surface area contributed by atoms with E-state index in [0.717, 1.165) is 0 Å². The summed E-state index contributed by atoms with van der Waals surface area (Å²) < 4.78 is 20.8. The number of carbonyl (C=O) groups excluding carboxylic acids is 1. The summed E-state index contributed by atoms with van der Waals surface area (Å²) >= 11 is 0. The lowest BCUT2D eigenvalue weighted by atomic mass is 9.90. The van der Waals surface area contributed by atoms with Crippen LogP contribution in [0.25, 0.3) is 0 Å². The second kappa shape index (κ2) is 6.84. The summed E-state index contributed by atoms with van der Waals surface area (Å²) in [7, 11) is 0. The van der Waals surface area contributed by atoms with E-state index in [0.29, 0.717) is 30.8 Å². The van der Waals surface area contributed by atoms with Crippen molar-refractivity contribution in [2.75, 3.05) is 13.1 Å². The van der Waals surface area contributed by atoms with Gasteiger partial charge in [-0.25, -0.2) is 4.39 Å². The van der Waals surface area contributed by atoms with Crippen LogP contribution in [0, 0.1) is 5.82 Å². The summed E-state index contributed by atoms with van der Waals surface area (Å²) in [6, 6.07) is 5.77. The summed E-state index contributed by atoms with van der Waals surface area (Å²) in [6.45, 7) is 4.95. The molecule has 1 saturated heterocycles. The molecule has 0 radical (unpaired) electrons. The SMILES string of the molecule is CCn1cc(C(=O)N2CC[C@@](C)(O)[C@H](Oc3cccc(F)c3)C2)cn1. The molecule has 25 heavy (non-hydrogen) atoms. The van der Waals surface area contributed by atoms with Gasteiger partial charge in [-0.3, -0.25) is 9.48 Å². The first-order valence-electron chi connectivity index (χ1n) is 8.35. The Morgan fingerprint density at radius 3 is 3.00 bits per heavy atom. The number of hydrogen-bond acceptors (Lipinski definition) is 4. The summed E-state index contributed by atoms with van der Waals surface area (Å²) in [5, 5.41) is 14.7. The number of halogens is 1. The molecule has 1 aromatic carbocycles. The predicted octanol–water partition coefficient (Wildman–Crippen LogP) is 2.09. The molecule has 1 aliphatic heterocycles.